The first-order valence-electron chi connectivity index (χ1n) is 8.10. The van der Waals surface area contributed by atoms with Gasteiger partial charge in [0.1, 0.15) is 5.82 Å². The number of amides is 1. The van der Waals surface area contributed by atoms with Crippen LogP contribution in [0.4, 0.5) is 0 Å². The fraction of sp³-hybridized carbons (Fsp3) is 0.588. The van der Waals surface area contributed by atoms with Crippen molar-refractivity contribution in [3.05, 3.63) is 24.3 Å². The van der Waals surface area contributed by atoms with Crippen LogP contribution in [-0.2, 0) is 11.8 Å². The van der Waals surface area contributed by atoms with Gasteiger partial charge in [-0.15, -0.1) is 0 Å². The number of likely N-dealkylation sites (tertiary alicyclic amines) is 1. The number of imidazole rings is 1. The zero-order valence-electron chi connectivity index (χ0n) is 13.6. The summed E-state index contributed by atoms with van der Waals surface area (Å²) in [6, 6.07) is 1.94. The predicted octanol–water partition coefficient (Wildman–Crippen LogP) is 2.72. The van der Waals surface area contributed by atoms with E-state index < -0.39 is 0 Å². The van der Waals surface area contributed by atoms with E-state index in [0.717, 1.165) is 42.8 Å². The Hall–Kier alpha value is -1.91. The average molecular weight is 300 g/mol. The summed E-state index contributed by atoms with van der Waals surface area (Å²) in [5, 5.41) is 0. The van der Waals surface area contributed by atoms with Gasteiger partial charge < -0.3 is 9.47 Å². The standard InChI is InChI=1S/C17H24N4O/c1-12(2)4-5-16(22)21-9-7-13(11-21)17-19-14-6-8-18-10-15(14)20(17)3/h6,8,10,12-13H,4-5,7,9,11H2,1-3H3/t13-/m0/s1. The van der Waals surface area contributed by atoms with Crippen molar-refractivity contribution < 1.29 is 4.79 Å². The highest BCUT2D eigenvalue weighted by Crippen LogP contribution is 2.29. The molecule has 0 saturated carbocycles. The van der Waals surface area contributed by atoms with E-state index in [1.165, 1.54) is 0 Å². The normalized spacial score (nSPS) is 18.5. The lowest BCUT2D eigenvalue weighted by atomic mass is 10.1. The fourth-order valence-corrected chi connectivity index (χ4v) is 3.19. The lowest BCUT2D eigenvalue weighted by molar-refractivity contribution is -0.130. The van der Waals surface area contributed by atoms with Gasteiger partial charge in [0.05, 0.1) is 17.2 Å². The number of carbonyl (C=O) groups is 1. The number of aryl methyl sites for hydroxylation is 1. The van der Waals surface area contributed by atoms with Gasteiger partial charge in [-0.25, -0.2) is 4.98 Å². The van der Waals surface area contributed by atoms with Crippen LogP contribution in [-0.4, -0.2) is 38.4 Å². The van der Waals surface area contributed by atoms with Gasteiger partial charge in [-0.2, -0.15) is 0 Å². The minimum Gasteiger partial charge on any atom is -0.342 e. The summed E-state index contributed by atoms with van der Waals surface area (Å²) >= 11 is 0. The second kappa shape index (κ2) is 6.07. The molecule has 1 aliphatic rings. The molecule has 0 bridgehead atoms. The van der Waals surface area contributed by atoms with Gasteiger partial charge in [0.15, 0.2) is 0 Å². The molecular formula is C17H24N4O. The molecule has 0 aromatic carbocycles. The molecule has 3 rings (SSSR count). The molecule has 1 saturated heterocycles. The van der Waals surface area contributed by atoms with E-state index in [2.05, 4.69) is 23.4 Å². The molecule has 1 aliphatic heterocycles. The molecule has 5 heteroatoms. The number of hydrogen-bond acceptors (Lipinski definition) is 3. The van der Waals surface area contributed by atoms with Crippen molar-refractivity contribution in [1.29, 1.82) is 0 Å². The zero-order valence-corrected chi connectivity index (χ0v) is 13.6. The summed E-state index contributed by atoms with van der Waals surface area (Å²) in [5.74, 6) is 2.27. The lowest BCUT2D eigenvalue weighted by Gasteiger charge is -2.17. The number of hydrogen-bond donors (Lipinski definition) is 0. The van der Waals surface area contributed by atoms with Crippen LogP contribution in [0.25, 0.3) is 11.0 Å². The van der Waals surface area contributed by atoms with Crippen LogP contribution in [0, 0.1) is 5.92 Å². The number of fused-ring (bicyclic) bond motifs is 1. The minimum absolute atomic E-state index is 0.289. The molecule has 0 radical (unpaired) electrons. The number of carbonyl (C=O) groups excluding carboxylic acids is 1. The van der Waals surface area contributed by atoms with Gasteiger partial charge in [-0.1, -0.05) is 13.8 Å². The molecule has 118 valence electrons. The average Bonchev–Trinajstić information content (AvgIpc) is 3.10. The van der Waals surface area contributed by atoms with Crippen LogP contribution < -0.4 is 0 Å². The van der Waals surface area contributed by atoms with Crippen molar-refractivity contribution in [2.75, 3.05) is 13.1 Å². The molecule has 3 heterocycles. The second-order valence-electron chi connectivity index (χ2n) is 6.65. The highest BCUT2D eigenvalue weighted by Gasteiger charge is 2.30. The van der Waals surface area contributed by atoms with Crippen LogP contribution in [0.2, 0.25) is 0 Å². The van der Waals surface area contributed by atoms with Crippen molar-refractivity contribution in [2.24, 2.45) is 13.0 Å². The zero-order chi connectivity index (χ0) is 15.7. The van der Waals surface area contributed by atoms with Crippen LogP contribution in [0.15, 0.2) is 18.5 Å². The molecule has 22 heavy (non-hydrogen) atoms. The maximum Gasteiger partial charge on any atom is 0.222 e. The highest BCUT2D eigenvalue weighted by molar-refractivity contribution is 5.77. The monoisotopic (exact) mass is 300 g/mol. The van der Waals surface area contributed by atoms with Crippen molar-refractivity contribution in [1.82, 2.24) is 19.4 Å². The SMILES string of the molecule is CC(C)CCC(=O)N1CC[C@H](c2nc3ccncc3n2C)C1. The molecule has 1 fully saturated rings. The maximum absolute atomic E-state index is 12.3. The van der Waals surface area contributed by atoms with Crippen LogP contribution in [0.5, 0.6) is 0 Å². The topological polar surface area (TPSA) is 51.0 Å². The van der Waals surface area contributed by atoms with E-state index >= 15 is 0 Å². The number of pyridine rings is 1. The molecular weight excluding hydrogens is 276 g/mol. The Balaban J connectivity index is 1.71. The van der Waals surface area contributed by atoms with E-state index in [-0.39, 0.29) is 5.91 Å². The van der Waals surface area contributed by atoms with E-state index in [0.29, 0.717) is 18.3 Å². The highest BCUT2D eigenvalue weighted by atomic mass is 16.2. The Bertz CT molecular complexity index is 676. The van der Waals surface area contributed by atoms with E-state index in [9.17, 15) is 4.79 Å². The summed E-state index contributed by atoms with van der Waals surface area (Å²) in [5.41, 5.74) is 2.04. The van der Waals surface area contributed by atoms with Crippen molar-refractivity contribution in [2.45, 2.75) is 39.0 Å². The molecule has 2 aromatic heterocycles. The summed E-state index contributed by atoms with van der Waals surface area (Å²) in [7, 11) is 2.04. The summed E-state index contributed by atoms with van der Waals surface area (Å²) in [4.78, 5) is 23.2. The molecule has 1 amide bonds. The minimum atomic E-state index is 0.289. The maximum atomic E-state index is 12.3. The Morgan fingerprint density at radius 2 is 2.27 bits per heavy atom. The molecule has 0 aliphatic carbocycles. The van der Waals surface area contributed by atoms with Crippen molar-refractivity contribution >= 4 is 16.9 Å². The Morgan fingerprint density at radius 1 is 1.45 bits per heavy atom. The smallest absolute Gasteiger partial charge is 0.222 e. The third kappa shape index (κ3) is 2.85. The van der Waals surface area contributed by atoms with Crippen LogP contribution in [0.1, 0.15) is 44.9 Å². The number of aromatic nitrogens is 3. The Morgan fingerprint density at radius 3 is 3.00 bits per heavy atom. The van der Waals surface area contributed by atoms with Gasteiger partial charge in [-0.05, 0) is 24.8 Å². The first-order chi connectivity index (χ1) is 10.6. The van der Waals surface area contributed by atoms with Crippen LogP contribution >= 0.6 is 0 Å². The summed E-state index contributed by atoms with van der Waals surface area (Å²) < 4.78 is 2.12. The third-order valence-electron chi connectivity index (χ3n) is 4.56. The number of rotatable bonds is 4. The first-order valence-corrected chi connectivity index (χ1v) is 8.10. The van der Waals surface area contributed by atoms with Gasteiger partial charge >= 0.3 is 0 Å². The van der Waals surface area contributed by atoms with E-state index in [1.807, 2.05) is 24.2 Å². The Kier molecular flexibility index (Phi) is 4.14. The molecule has 1 atom stereocenters. The molecule has 0 N–H and O–H groups in total. The second-order valence-corrected chi connectivity index (χ2v) is 6.65. The lowest BCUT2D eigenvalue weighted by Crippen LogP contribution is -2.28. The van der Waals surface area contributed by atoms with Crippen molar-refractivity contribution in [3.63, 3.8) is 0 Å². The summed E-state index contributed by atoms with van der Waals surface area (Å²) in [6.07, 6.45) is 6.26. The molecule has 0 spiro atoms. The molecule has 5 nitrogen and oxygen atoms in total. The predicted molar refractivity (Wildman–Crippen MR) is 86.5 cm³/mol. The van der Waals surface area contributed by atoms with Gasteiger partial charge in [0.25, 0.3) is 0 Å². The van der Waals surface area contributed by atoms with Crippen LogP contribution in [0.3, 0.4) is 0 Å². The van der Waals surface area contributed by atoms with Gasteiger partial charge in [0.2, 0.25) is 5.91 Å². The van der Waals surface area contributed by atoms with E-state index in [4.69, 9.17) is 4.98 Å². The Labute approximate surface area is 131 Å². The largest absolute Gasteiger partial charge is 0.342 e. The number of nitrogens with zero attached hydrogens (tertiary/aromatic N) is 4. The fourth-order valence-electron chi connectivity index (χ4n) is 3.19. The van der Waals surface area contributed by atoms with Gasteiger partial charge in [-0.3, -0.25) is 9.78 Å². The quantitative estimate of drug-likeness (QED) is 0.872. The van der Waals surface area contributed by atoms with E-state index in [1.54, 1.807) is 6.20 Å². The van der Waals surface area contributed by atoms with Crippen molar-refractivity contribution in [3.8, 4) is 0 Å². The summed E-state index contributed by atoms with van der Waals surface area (Å²) in [6.45, 7) is 5.96. The molecule has 2 aromatic rings. The molecule has 0 unspecified atom stereocenters. The van der Waals surface area contributed by atoms with Gasteiger partial charge in [0, 0.05) is 38.7 Å². The third-order valence-corrected chi connectivity index (χ3v) is 4.56. The first kappa shape index (κ1) is 15.0.